The Hall–Kier alpha value is -1.22. The van der Waals surface area contributed by atoms with Crippen molar-refractivity contribution in [3.8, 4) is 0 Å². The second-order valence-electron chi connectivity index (χ2n) is 4.12. The van der Waals surface area contributed by atoms with Gasteiger partial charge >= 0.3 is 5.97 Å². The number of carboxylic acids is 1. The molecule has 0 fully saturated rings. The average molecular weight is 234 g/mol. The third-order valence-electron chi connectivity index (χ3n) is 2.97. The van der Waals surface area contributed by atoms with Gasteiger partial charge in [-0.15, -0.1) is 11.8 Å². The summed E-state index contributed by atoms with van der Waals surface area (Å²) in [5, 5.41) is 11.1. The Morgan fingerprint density at radius 3 is 2.69 bits per heavy atom. The molecular weight excluding hydrogens is 220 g/mol. The molecule has 0 aromatic heterocycles. The SMILES string of the molecule is CC1=CSCC1c1ccc(C(=O)O)cc1C. The van der Waals surface area contributed by atoms with Crippen LogP contribution in [0.3, 0.4) is 0 Å². The lowest BCUT2D eigenvalue weighted by atomic mass is 9.90. The van der Waals surface area contributed by atoms with Crippen molar-refractivity contribution in [2.45, 2.75) is 19.8 Å². The maximum atomic E-state index is 10.8. The zero-order valence-electron chi connectivity index (χ0n) is 9.36. The molecule has 1 aliphatic rings. The van der Waals surface area contributed by atoms with Crippen LogP contribution in [0.4, 0.5) is 0 Å². The van der Waals surface area contributed by atoms with Crippen LogP contribution in [0.25, 0.3) is 0 Å². The lowest BCUT2D eigenvalue weighted by Crippen LogP contribution is -2.04. The number of thioether (sulfide) groups is 1. The van der Waals surface area contributed by atoms with E-state index in [9.17, 15) is 4.79 Å². The molecule has 1 unspecified atom stereocenters. The molecule has 1 aromatic rings. The summed E-state index contributed by atoms with van der Waals surface area (Å²) in [5.41, 5.74) is 4.06. The molecule has 0 radical (unpaired) electrons. The van der Waals surface area contributed by atoms with E-state index in [0.29, 0.717) is 11.5 Å². The van der Waals surface area contributed by atoms with Crippen molar-refractivity contribution in [3.05, 3.63) is 45.9 Å². The Labute approximate surface area is 99.4 Å². The highest BCUT2D eigenvalue weighted by atomic mass is 32.2. The van der Waals surface area contributed by atoms with Crippen LogP contribution < -0.4 is 0 Å². The Kier molecular flexibility index (Phi) is 3.06. The summed E-state index contributed by atoms with van der Waals surface area (Å²) in [4.78, 5) is 10.8. The number of aromatic carboxylic acids is 1. The fraction of sp³-hybridized carbons (Fsp3) is 0.308. The van der Waals surface area contributed by atoms with Crippen LogP contribution in [0, 0.1) is 6.92 Å². The van der Waals surface area contributed by atoms with Gasteiger partial charge in [0, 0.05) is 11.7 Å². The average Bonchev–Trinajstić information content (AvgIpc) is 2.64. The predicted molar refractivity (Wildman–Crippen MR) is 67.1 cm³/mol. The first kappa shape index (κ1) is 11.3. The first-order chi connectivity index (χ1) is 7.59. The highest BCUT2D eigenvalue weighted by molar-refractivity contribution is 8.02. The van der Waals surface area contributed by atoms with Crippen molar-refractivity contribution < 1.29 is 9.90 Å². The number of aryl methyl sites for hydroxylation is 1. The molecule has 1 atom stereocenters. The second-order valence-corrected chi connectivity index (χ2v) is 5.03. The first-order valence-electron chi connectivity index (χ1n) is 5.21. The van der Waals surface area contributed by atoms with Crippen molar-refractivity contribution >= 4 is 17.7 Å². The summed E-state index contributed by atoms with van der Waals surface area (Å²) < 4.78 is 0. The van der Waals surface area contributed by atoms with Gasteiger partial charge in [-0.2, -0.15) is 0 Å². The van der Waals surface area contributed by atoms with Crippen molar-refractivity contribution in [1.29, 1.82) is 0 Å². The summed E-state index contributed by atoms with van der Waals surface area (Å²) in [6.45, 7) is 4.12. The Bertz CT molecular complexity index is 463. The molecule has 1 N–H and O–H groups in total. The quantitative estimate of drug-likeness (QED) is 0.851. The molecule has 0 spiro atoms. The summed E-state index contributed by atoms with van der Waals surface area (Å²) in [5.74, 6) is 0.662. The highest BCUT2D eigenvalue weighted by Crippen LogP contribution is 2.37. The van der Waals surface area contributed by atoms with Crippen LogP contribution in [-0.4, -0.2) is 16.8 Å². The molecule has 2 rings (SSSR count). The summed E-state index contributed by atoms with van der Waals surface area (Å²) in [6, 6.07) is 5.40. The number of allylic oxidation sites excluding steroid dienone is 1. The van der Waals surface area contributed by atoms with Crippen LogP contribution in [0.1, 0.15) is 34.3 Å². The third-order valence-corrected chi connectivity index (χ3v) is 4.04. The van der Waals surface area contributed by atoms with Gasteiger partial charge in [-0.25, -0.2) is 4.79 Å². The summed E-state index contributed by atoms with van der Waals surface area (Å²) in [7, 11) is 0. The van der Waals surface area contributed by atoms with Gasteiger partial charge in [0.25, 0.3) is 0 Å². The highest BCUT2D eigenvalue weighted by Gasteiger charge is 2.20. The largest absolute Gasteiger partial charge is 0.478 e. The zero-order valence-corrected chi connectivity index (χ0v) is 10.2. The lowest BCUT2D eigenvalue weighted by molar-refractivity contribution is 0.0697. The number of hydrogen-bond donors (Lipinski definition) is 1. The van der Waals surface area contributed by atoms with Crippen LogP contribution in [0.2, 0.25) is 0 Å². The van der Waals surface area contributed by atoms with E-state index in [4.69, 9.17) is 5.11 Å². The number of rotatable bonds is 2. The standard InChI is InChI=1S/C13H14O2S/c1-8-5-10(13(14)15)3-4-11(8)12-7-16-6-9(12)2/h3-6,12H,7H2,1-2H3,(H,14,15). The molecule has 1 aromatic carbocycles. The lowest BCUT2D eigenvalue weighted by Gasteiger charge is -2.15. The van der Waals surface area contributed by atoms with Crippen LogP contribution in [0.5, 0.6) is 0 Å². The van der Waals surface area contributed by atoms with Crippen LogP contribution in [0.15, 0.2) is 29.2 Å². The molecule has 0 saturated heterocycles. The van der Waals surface area contributed by atoms with Crippen molar-refractivity contribution in [3.63, 3.8) is 0 Å². The smallest absolute Gasteiger partial charge is 0.335 e. The van der Waals surface area contributed by atoms with Gasteiger partial charge in [0.1, 0.15) is 0 Å². The van der Waals surface area contributed by atoms with Gasteiger partial charge < -0.3 is 5.11 Å². The van der Waals surface area contributed by atoms with Gasteiger partial charge in [0.2, 0.25) is 0 Å². The van der Waals surface area contributed by atoms with E-state index >= 15 is 0 Å². The number of carboxylic acid groups (broad SMARTS) is 1. The molecule has 84 valence electrons. The normalized spacial score (nSPS) is 19.6. The monoisotopic (exact) mass is 234 g/mol. The van der Waals surface area contributed by atoms with E-state index in [0.717, 1.165) is 11.3 Å². The molecule has 16 heavy (non-hydrogen) atoms. The van der Waals surface area contributed by atoms with Crippen LogP contribution in [-0.2, 0) is 0 Å². The molecule has 1 aliphatic heterocycles. The van der Waals surface area contributed by atoms with Crippen molar-refractivity contribution in [2.24, 2.45) is 0 Å². The molecule has 0 aliphatic carbocycles. The van der Waals surface area contributed by atoms with Gasteiger partial charge in [0.05, 0.1) is 5.56 Å². The van der Waals surface area contributed by atoms with Gasteiger partial charge in [-0.3, -0.25) is 0 Å². The molecule has 0 bridgehead atoms. The summed E-state index contributed by atoms with van der Waals surface area (Å²) >= 11 is 1.83. The molecule has 3 heteroatoms. The van der Waals surface area contributed by atoms with E-state index in [1.165, 1.54) is 11.1 Å². The number of carbonyl (C=O) groups is 1. The van der Waals surface area contributed by atoms with Gasteiger partial charge in [-0.05, 0) is 42.5 Å². The third kappa shape index (κ3) is 2.00. The zero-order chi connectivity index (χ0) is 11.7. The maximum absolute atomic E-state index is 10.8. The van der Waals surface area contributed by atoms with E-state index in [-0.39, 0.29) is 0 Å². The number of benzene rings is 1. The van der Waals surface area contributed by atoms with Crippen molar-refractivity contribution in [2.75, 3.05) is 5.75 Å². The molecule has 2 nitrogen and oxygen atoms in total. The Morgan fingerprint density at radius 2 is 2.19 bits per heavy atom. The Balaban J connectivity index is 2.36. The predicted octanol–water partition coefficient (Wildman–Crippen LogP) is 3.43. The van der Waals surface area contributed by atoms with E-state index in [1.54, 1.807) is 12.1 Å². The van der Waals surface area contributed by atoms with Gasteiger partial charge in [0.15, 0.2) is 0 Å². The Morgan fingerprint density at radius 1 is 1.44 bits per heavy atom. The van der Waals surface area contributed by atoms with Crippen LogP contribution >= 0.6 is 11.8 Å². The molecular formula is C13H14O2S. The minimum Gasteiger partial charge on any atom is -0.478 e. The minimum absolute atomic E-state index is 0.369. The topological polar surface area (TPSA) is 37.3 Å². The second kappa shape index (κ2) is 4.34. The maximum Gasteiger partial charge on any atom is 0.335 e. The van der Waals surface area contributed by atoms with Crippen molar-refractivity contribution in [1.82, 2.24) is 0 Å². The number of hydrogen-bond acceptors (Lipinski definition) is 2. The summed E-state index contributed by atoms with van der Waals surface area (Å²) in [6.07, 6.45) is 0. The fourth-order valence-corrected chi connectivity index (χ4v) is 3.18. The van der Waals surface area contributed by atoms with E-state index < -0.39 is 5.97 Å². The first-order valence-corrected chi connectivity index (χ1v) is 6.26. The van der Waals surface area contributed by atoms with Gasteiger partial charge in [-0.1, -0.05) is 11.6 Å². The minimum atomic E-state index is -0.859. The van der Waals surface area contributed by atoms with E-state index in [2.05, 4.69) is 12.3 Å². The molecule has 1 heterocycles. The fourth-order valence-electron chi connectivity index (χ4n) is 2.02. The van der Waals surface area contributed by atoms with E-state index in [1.807, 2.05) is 24.8 Å². The molecule has 0 amide bonds. The molecule has 0 saturated carbocycles.